The van der Waals surface area contributed by atoms with Gasteiger partial charge in [0.05, 0.1) is 5.56 Å². The molecule has 16 heavy (non-hydrogen) atoms. The number of imidazole rings is 1. The van der Waals surface area contributed by atoms with Crippen molar-refractivity contribution in [1.29, 1.82) is 0 Å². The van der Waals surface area contributed by atoms with E-state index >= 15 is 0 Å². The summed E-state index contributed by atoms with van der Waals surface area (Å²) in [6, 6.07) is 0. The number of fused-ring (bicyclic) bond motifs is 3. The van der Waals surface area contributed by atoms with E-state index in [1.165, 1.54) is 12.4 Å². The monoisotopic (exact) mass is 217 g/mol. The molecule has 1 N–H and O–H groups in total. The second-order valence-electron chi connectivity index (χ2n) is 3.64. The first-order valence-corrected chi connectivity index (χ1v) is 4.80. The summed E-state index contributed by atoms with van der Waals surface area (Å²) in [6.45, 7) is 0. The minimum absolute atomic E-state index is 0.0509. The average molecular weight is 217 g/mol. The number of Topliss-reactive ketones (excluding diaryl/α,β-unsaturated/α-hetero) is 1. The van der Waals surface area contributed by atoms with E-state index in [1.807, 2.05) is 0 Å². The highest BCUT2D eigenvalue weighted by Crippen LogP contribution is 2.22. The molecule has 0 saturated heterocycles. The molecule has 0 unspecified atom stereocenters. The molecule has 6 heteroatoms. The molecule has 0 amide bonds. The van der Waals surface area contributed by atoms with Crippen molar-refractivity contribution >= 4 is 17.5 Å². The number of ketones is 1. The molecule has 2 aromatic heterocycles. The van der Waals surface area contributed by atoms with E-state index in [-0.39, 0.29) is 11.5 Å². The minimum atomic E-state index is -1.09. The van der Waals surface area contributed by atoms with Crippen LogP contribution in [0.25, 0.3) is 5.78 Å². The van der Waals surface area contributed by atoms with Crippen LogP contribution in [0.1, 0.15) is 33.0 Å². The van der Waals surface area contributed by atoms with Gasteiger partial charge in [-0.15, -0.1) is 0 Å². The number of hydrogen-bond acceptors (Lipinski definition) is 4. The fourth-order valence-corrected chi connectivity index (χ4v) is 1.94. The van der Waals surface area contributed by atoms with Crippen molar-refractivity contribution in [1.82, 2.24) is 14.4 Å². The fourth-order valence-electron chi connectivity index (χ4n) is 1.94. The van der Waals surface area contributed by atoms with Crippen LogP contribution in [-0.4, -0.2) is 31.2 Å². The topological polar surface area (TPSA) is 84.6 Å². The van der Waals surface area contributed by atoms with Crippen molar-refractivity contribution in [2.45, 2.75) is 12.8 Å². The van der Waals surface area contributed by atoms with Gasteiger partial charge in [0.15, 0.2) is 11.5 Å². The Morgan fingerprint density at radius 1 is 1.44 bits per heavy atom. The lowest BCUT2D eigenvalue weighted by Crippen LogP contribution is -1.99. The molecule has 0 aromatic carbocycles. The van der Waals surface area contributed by atoms with Crippen LogP contribution in [0, 0.1) is 0 Å². The number of nitrogens with zero attached hydrogens (tertiary/aromatic N) is 3. The van der Waals surface area contributed by atoms with Crippen LogP contribution in [0.2, 0.25) is 0 Å². The lowest BCUT2D eigenvalue weighted by Gasteiger charge is -1.99. The van der Waals surface area contributed by atoms with Crippen LogP contribution >= 0.6 is 0 Å². The number of carboxylic acid groups (broad SMARTS) is 1. The largest absolute Gasteiger partial charge is 0.476 e. The Hall–Kier alpha value is -2.24. The van der Waals surface area contributed by atoms with Crippen LogP contribution < -0.4 is 0 Å². The zero-order valence-corrected chi connectivity index (χ0v) is 8.17. The molecular weight excluding hydrogens is 210 g/mol. The van der Waals surface area contributed by atoms with Gasteiger partial charge in [0.1, 0.15) is 0 Å². The lowest BCUT2D eigenvalue weighted by atomic mass is 10.2. The Kier molecular flexibility index (Phi) is 1.62. The third-order valence-electron chi connectivity index (χ3n) is 2.71. The third kappa shape index (κ3) is 1.06. The van der Waals surface area contributed by atoms with Crippen molar-refractivity contribution in [3.8, 4) is 0 Å². The highest BCUT2D eigenvalue weighted by molar-refractivity contribution is 6.00. The second kappa shape index (κ2) is 2.88. The highest BCUT2D eigenvalue weighted by atomic mass is 16.4. The van der Waals surface area contributed by atoms with Crippen LogP contribution in [0.3, 0.4) is 0 Å². The van der Waals surface area contributed by atoms with Crippen LogP contribution in [0.15, 0.2) is 12.4 Å². The van der Waals surface area contributed by atoms with Gasteiger partial charge in [-0.05, 0) is 6.42 Å². The molecular formula is C10H7N3O3. The predicted octanol–water partition coefficient (Wildman–Crippen LogP) is 0.556. The summed E-state index contributed by atoms with van der Waals surface area (Å²) in [5.41, 5.74) is 1.32. The van der Waals surface area contributed by atoms with E-state index in [9.17, 15) is 9.59 Å². The van der Waals surface area contributed by atoms with E-state index in [0.29, 0.717) is 24.2 Å². The quantitative estimate of drug-likeness (QED) is 0.754. The molecule has 0 saturated carbocycles. The Bertz CT molecular complexity index is 630. The van der Waals surface area contributed by atoms with Crippen LogP contribution in [-0.2, 0) is 6.42 Å². The van der Waals surface area contributed by atoms with Gasteiger partial charge < -0.3 is 5.11 Å². The number of rotatable bonds is 1. The SMILES string of the molecule is O=C(O)c1cn2c3c(cnc2n1)C(=O)CC3. The summed E-state index contributed by atoms with van der Waals surface area (Å²) in [7, 11) is 0. The molecule has 2 heterocycles. The Labute approximate surface area is 89.6 Å². The van der Waals surface area contributed by atoms with Crippen molar-refractivity contribution < 1.29 is 14.7 Å². The van der Waals surface area contributed by atoms with Gasteiger partial charge in [-0.2, -0.15) is 0 Å². The number of carbonyl (C=O) groups is 2. The van der Waals surface area contributed by atoms with Gasteiger partial charge in [0.25, 0.3) is 0 Å². The highest BCUT2D eigenvalue weighted by Gasteiger charge is 2.23. The van der Waals surface area contributed by atoms with E-state index in [2.05, 4.69) is 9.97 Å². The third-order valence-corrected chi connectivity index (χ3v) is 2.71. The van der Waals surface area contributed by atoms with Gasteiger partial charge in [-0.3, -0.25) is 9.20 Å². The van der Waals surface area contributed by atoms with Gasteiger partial charge in [0.2, 0.25) is 5.78 Å². The Morgan fingerprint density at radius 2 is 2.25 bits per heavy atom. The molecule has 0 radical (unpaired) electrons. The zero-order chi connectivity index (χ0) is 11.3. The molecule has 0 aliphatic heterocycles. The average Bonchev–Trinajstić information content (AvgIpc) is 2.81. The first-order valence-electron chi connectivity index (χ1n) is 4.80. The molecule has 1 aliphatic rings. The van der Waals surface area contributed by atoms with E-state index < -0.39 is 5.97 Å². The number of aryl methyl sites for hydroxylation is 1. The van der Waals surface area contributed by atoms with Gasteiger partial charge in [-0.1, -0.05) is 0 Å². The molecule has 80 valence electrons. The summed E-state index contributed by atoms with van der Waals surface area (Å²) in [5.74, 6) is -0.718. The summed E-state index contributed by atoms with van der Waals surface area (Å²) < 4.78 is 1.59. The van der Waals surface area contributed by atoms with Crippen molar-refractivity contribution in [2.24, 2.45) is 0 Å². The summed E-state index contributed by atoms with van der Waals surface area (Å²) in [6.07, 6.45) is 3.94. The number of carbonyl (C=O) groups excluding carboxylic acids is 1. The molecule has 1 aliphatic carbocycles. The number of aromatic nitrogens is 3. The van der Waals surface area contributed by atoms with Crippen molar-refractivity contribution in [3.05, 3.63) is 29.3 Å². The van der Waals surface area contributed by atoms with E-state index in [1.54, 1.807) is 4.40 Å². The maximum atomic E-state index is 11.5. The minimum Gasteiger partial charge on any atom is -0.476 e. The predicted molar refractivity (Wildman–Crippen MR) is 52.6 cm³/mol. The summed E-state index contributed by atoms with van der Waals surface area (Å²) in [5, 5.41) is 8.82. The maximum absolute atomic E-state index is 11.5. The van der Waals surface area contributed by atoms with E-state index in [0.717, 1.165) is 5.69 Å². The molecule has 0 atom stereocenters. The normalized spacial score (nSPS) is 14.4. The molecule has 0 spiro atoms. The maximum Gasteiger partial charge on any atom is 0.356 e. The molecule has 6 nitrogen and oxygen atoms in total. The van der Waals surface area contributed by atoms with Crippen LogP contribution in [0.5, 0.6) is 0 Å². The zero-order valence-electron chi connectivity index (χ0n) is 8.17. The van der Waals surface area contributed by atoms with Crippen LogP contribution in [0.4, 0.5) is 0 Å². The number of carboxylic acids is 1. The second-order valence-corrected chi connectivity index (χ2v) is 3.64. The van der Waals surface area contributed by atoms with Gasteiger partial charge in [-0.25, -0.2) is 14.8 Å². The Balaban J connectivity index is 2.33. The fraction of sp³-hybridized carbons (Fsp3) is 0.200. The first-order chi connectivity index (χ1) is 7.66. The molecule has 0 bridgehead atoms. The standard InChI is InChI=1S/C10H7N3O3/c14-8-2-1-7-5(8)3-11-10-12-6(9(15)16)4-13(7)10/h3-4H,1-2H2,(H,15,16). The number of aromatic carboxylic acids is 1. The molecule has 3 rings (SSSR count). The van der Waals surface area contributed by atoms with Crippen molar-refractivity contribution in [2.75, 3.05) is 0 Å². The summed E-state index contributed by atoms with van der Waals surface area (Å²) in [4.78, 5) is 30.1. The first kappa shape index (κ1) is 9.02. The summed E-state index contributed by atoms with van der Waals surface area (Å²) >= 11 is 0. The molecule has 0 fully saturated rings. The lowest BCUT2D eigenvalue weighted by molar-refractivity contribution is 0.0691. The smallest absolute Gasteiger partial charge is 0.356 e. The van der Waals surface area contributed by atoms with E-state index in [4.69, 9.17) is 5.11 Å². The van der Waals surface area contributed by atoms with Gasteiger partial charge in [0, 0.05) is 24.5 Å². The van der Waals surface area contributed by atoms with Gasteiger partial charge >= 0.3 is 5.97 Å². The Morgan fingerprint density at radius 3 is 3.00 bits per heavy atom. The molecule has 2 aromatic rings. The number of hydrogen-bond donors (Lipinski definition) is 1. The van der Waals surface area contributed by atoms with Crippen molar-refractivity contribution in [3.63, 3.8) is 0 Å².